The van der Waals surface area contributed by atoms with Crippen molar-refractivity contribution in [3.05, 3.63) is 62.6 Å². The topological polar surface area (TPSA) is 61.8 Å². The van der Waals surface area contributed by atoms with E-state index in [-0.39, 0.29) is 11.2 Å². The third kappa shape index (κ3) is 3.39. The van der Waals surface area contributed by atoms with Crippen molar-refractivity contribution < 1.29 is 0 Å². The Bertz CT molecular complexity index is 1100. The normalized spacial score (nSPS) is 12.1. The second-order valence-corrected chi connectivity index (χ2v) is 6.79. The standard InChI is InChI=1S/C21H26N4O2/c1-5-12-24-19-18(20(26)25(13-6-2)21(24)27)23(4)17(22-19)14-15(3)16-10-8-7-9-11-16/h7-11,14H,5-6,12-13H2,1-4H3. The predicted octanol–water partition coefficient (Wildman–Crippen LogP) is 3.28. The van der Waals surface area contributed by atoms with Crippen molar-refractivity contribution in [3.63, 3.8) is 0 Å². The summed E-state index contributed by atoms with van der Waals surface area (Å²) in [4.78, 5) is 30.4. The van der Waals surface area contributed by atoms with Gasteiger partial charge in [0.15, 0.2) is 11.2 Å². The molecule has 0 amide bonds. The fourth-order valence-corrected chi connectivity index (χ4v) is 3.33. The van der Waals surface area contributed by atoms with Gasteiger partial charge in [-0.05, 0) is 37.0 Å². The second kappa shape index (κ2) is 7.78. The molecule has 0 atom stereocenters. The van der Waals surface area contributed by atoms with Crippen LogP contribution in [0.1, 0.15) is 45.0 Å². The first-order chi connectivity index (χ1) is 13.0. The molecule has 0 saturated heterocycles. The Labute approximate surface area is 158 Å². The average Bonchev–Trinajstić information content (AvgIpc) is 2.99. The van der Waals surface area contributed by atoms with Crippen molar-refractivity contribution in [2.24, 2.45) is 7.05 Å². The van der Waals surface area contributed by atoms with Crippen LogP contribution in [0.4, 0.5) is 0 Å². The Balaban J connectivity index is 2.27. The van der Waals surface area contributed by atoms with Gasteiger partial charge in [0.1, 0.15) is 5.82 Å². The van der Waals surface area contributed by atoms with Gasteiger partial charge in [0.05, 0.1) is 0 Å². The van der Waals surface area contributed by atoms with Crippen molar-refractivity contribution in [2.45, 2.75) is 46.7 Å². The molecule has 0 aliphatic carbocycles. The Morgan fingerprint density at radius 2 is 1.67 bits per heavy atom. The molecule has 6 nitrogen and oxygen atoms in total. The van der Waals surface area contributed by atoms with Crippen LogP contribution in [-0.4, -0.2) is 18.7 Å². The summed E-state index contributed by atoms with van der Waals surface area (Å²) in [5.41, 5.74) is 2.55. The van der Waals surface area contributed by atoms with Gasteiger partial charge in [-0.25, -0.2) is 9.78 Å². The SMILES string of the molecule is CCCn1c(=O)c2c(nc(C=C(C)c3ccccc3)n2C)n(CCC)c1=O. The van der Waals surface area contributed by atoms with Crippen molar-refractivity contribution in [2.75, 3.05) is 0 Å². The Hall–Kier alpha value is -2.89. The number of rotatable bonds is 6. The molecule has 0 radical (unpaired) electrons. The Morgan fingerprint density at radius 1 is 1.04 bits per heavy atom. The minimum atomic E-state index is -0.274. The summed E-state index contributed by atoms with van der Waals surface area (Å²) in [5.74, 6) is 0.668. The molecule has 142 valence electrons. The van der Waals surface area contributed by atoms with E-state index in [4.69, 9.17) is 0 Å². The average molecular weight is 366 g/mol. The van der Waals surface area contributed by atoms with E-state index in [1.54, 1.807) is 9.13 Å². The molecule has 6 heteroatoms. The summed E-state index contributed by atoms with van der Waals surface area (Å²) in [6.07, 6.45) is 3.48. The van der Waals surface area contributed by atoms with E-state index >= 15 is 0 Å². The maximum absolute atomic E-state index is 13.0. The van der Waals surface area contributed by atoms with Crippen LogP contribution in [0, 0.1) is 0 Å². The van der Waals surface area contributed by atoms with Crippen LogP contribution >= 0.6 is 0 Å². The van der Waals surface area contributed by atoms with E-state index in [0.29, 0.717) is 30.1 Å². The number of hydrogen-bond donors (Lipinski definition) is 0. The first-order valence-corrected chi connectivity index (χ1v) is 9.43. The molecule has 1 aromatic carbocycles. The molecule has 0 aliphatic heterocycles. The molecule has 27 heavy (non-hydrogen) atoms. The van der Waals surface area contributed by atoms with Gasteiger partial charge in [-0.3, -0.25) is 13.9 Å². The van der Waals surface area contributed by atoms with Crippen LogP contribution in [-0.2, 0) is 20.1 Å². The highest BCUT2D eigenvalue weighted by molar-refractivity contribution is 5.82. The van der Waals surface area contributed by atoms with E-state index in [2.05, 4.69) is 4.98 Å². The highest BCUT2D eigenvalue weighted by Gasteiger charge is 2.18. The van der Waals surface area contributed by atoms with E-state index in [9.17, 15) is 9.59 Å². The maximum atomic E-state index is 13.0. The summed E-state index contributed by atoms with van der Waals surface area (Å²) < 4.78 is 4.75. The van der Waals surface area contributed by atoms with Crippen LogP contribution in [0.5, 0.6) is 0 Å². The first kappa shape index (κ1) is 18.9. The lowest BCUT2D eigenvalue weighted by atomic mass is 10.1. The molecule has 0 fully saturated rings. The maximum Gasteiger partial charge on any atom is 0.332 e. The molecule has 0 N–H and O–H groups in total. The predicted molar refractivity (Wildman–Crippen MR) is 110 cm³/mol. The molecule has 2 aromatic heterocycles. The smallest absolute Gasteiger partial charge is 0.322 e. The Morgan fingerprint density at radius 3 is 2.30 bits per heavy atom. The van der Waals surface area contributed by atoms with Gasteiger partial charge in [-0.15, -0.1) is 0 Å². The summed E-state index contributed by atoms with van der Waals surface area (Å²) in [6.45, 7) is 6.94. The molecule has 0 bridgehead atoms. The number of allylic oxidation sites excluding steroid dienone is 1. The minimum Gasteiger partial charge on any atom is -0.322 e. The van der Waals surface area contributed by atoms with Crippen LogP contribution in [0.15, 0.2) is 39.9 Å². The number of fused-ring (bicyclic) bond motifs is 1. The molecular formula is C21H26N4O2. The molecule has 3 aromatic rings. The fraction of sp³-hybridized carbons (Fsp3) is 0.381. The van der Waals surface area contributed by atoms with E-state index in [0.717, 1.165) is 24.0 Å². The minimum absolute atomic E-state index is 0.267. The van der Waals surface area contributed by atoms with Gasteiger partial charge in [0.2, 0.25) is 0 Å². The van der Waals surface area contributed by atoms with E-state index in [1.165, 1.54) is 4.57 Å². The van der Waals surface area contributed by atoms with Gasteiger partial charge < -0.3 is 4.57 Å². The lowest BCUT2D eigenvalue weighted by Crippen LogP contribution is -2.40. The van der Waals surface area contributed by atoms with Crippen LogP contribution in [0.25, 0.3) is 22.8 Å². The number of aryl methyl sites for hydroxylation is 2. The third-order valence-corrected chi connectivity index (χ3v) is 4.75. The molecule has 3 rings (SSSR count). The lowest BCUT2D eigenvalue weighted by Gasteiger charge is -2.10. The second-order valence-electron chi connectivity index (χ2n) is 6.79. The van der Waals surface area contributed by atoms with Crippen LogP contribution in [0.3, 0.4) is 0 Å². The van der Waals surface area contributed by atoms with Crippen molar-refractivity contribution in [1.82, 2.24) is 18.7 Å². The van der Waals surface area contributed by atoms with Gasteiger partial charge in [0, 0.05) is 20.1 Å². The zero-order valence-electron chi connectivity index (χ0n) is 16.4. The van der Waals surface area contributed by atoms with Gasteiger partial charge >= 0.3 is 5.69 Å². The van der Waals surface area contributed by atoms with Crippen molar-refractivity contribution in [1.29, 1.82) is 0 Å². The zero-order valence-corrected chi connectivity index (χ0v) is 16.4. The first-order valence-electron chi connectivity index (χ1n) is 9.43. The lowest BCUT2D eigenvalue weighted by molar-refractivity contribution is 0.554. The summed E-state index contributed by atoms with van der Waals surface area (Å²) in [5, 5.41) is 0. The summed E-state index contributed by atoms with van der Waals surface area (Å²) in [7, 11) is 1.83. The van der Waals surface area contributed by atoms with Crippen LogP contribution < -0.4 is 11.2 Å². The molecular weight excluding hydrogens is 340 g/mol. The van der Waals surface area contributed by atoms with Gasteiger partial charge in [0.25, 0.3) is 5.56 Å². The quantitative estimate of drug-likeness (QED) is 0.673. The third-order valence-electron chi connectivity index (χ3n) is 4.75. The fourth-order valence-electron chi connectivity index (χ4n) is 3.33. The highest BCUT2D eigenvalue weighted by atomic mass is 16.2. The number of imidazole rings is 1. The number of nitrogens with zero attached hydrogens (tertiary/aromatic N) is 4. The molecule has 0 aliphatic rings. The van der Waals surface area contributed by atoms with Crippen molar-refractivity contribution in [3.8, 4) is 0 Å². The van der Waals surface area contributed by atoms with Gasteiger partial charge in [-0.1, -0.05) is 44.2 Å². The molecule has 0 saturated carbocycles. The zero-order chi connectivity index (χ0) is 19.6. The number of benzene rings is 1. The summed E-state index contributed by atoms with van der Waals surface area (Å²) in [6, 6.07) is 10.0. The number of hydrogen-bond acceptors (Lipinski definition) is 3. The van der Waals surface area contributed by atoms with E-state index < -0.39 is 0 Å². The summed E-state index contributed by atoms with van der Waals surface area (Å²) >= 11 is 0. The van der Waals surface area contributed by atoms with E-state index in [1.807, 2.05) is 64.2 Å². The number of aromatic nitrogens is 4. The largest absolute Gasteiger partial charge is 0.332 e. The molecule has 0 unspecified atom stereocenters. The highest BCUT2D eigenvalue weighted by Crippen LogP contribution is 2.19. The van der Waals surface area contributed by atoms with Crippen LogP contribution in [0.2, 0.25) is 0 Å². The molecule has 0 spiro atoms. The monoisotopic (exact) mass is 366 g/mol. The Kier molecular flexibility index (Phi) is 5.44. The van der Waals surface area contributed by atoms with Gasteiger partial charge in [-0.2, -0.15) is 0 Å². The molecule has 2 heterocycles. The van der Waals surface area contributed by atoms with Crippen molar-refractivity contribution >= 4 is 22.8 Å².